The van der Waals surface area contributed by atoms with Crippen molar-refractivity contribution in [3.8, 4) is 0 Å². The molecule has 2 aliphatic heterocycles. The minimum absolute atomic E-state index is 0.268. The zero-order valence-electron chi connectivity index (χ0n) is 14.9. The summed E-state index contributed by atoms with van der Waals surface area (Å²) in [5, 5.41) is 0. The highest BCUT2D eigenvalue weighted by molar-refractivity contribution is 5.79. The lowest BCUT2D eigenvalue weighted by Gasteiger charge is -2.34. The standard InChI is InChI=1S/C17H28N8/c1-24(2)15-7-10-25(11-8-15)9-3-4-14-6-5-13(12-20-14)17(19)21-16(18)22-23-17/h3-6,12,15,23H,7-11,19H2,1-2H3,(H3,18,21,22). The van der Waals surface area contributed by atoms with Gasteiger partial charge in [0.2, 0.25) is 11.7 Å². The zero-order valence-corrected chi connectivity index (χ0v) is 14.9. The SMILES string of the molecule is CN(C)C1CCN(CC=Cc2ccc(C3(N)N=C(N)NN3)cn2)CC1. The summed E-state index contributed by atoms with van der Waals surface area (Å²) in [6, 6.07) is 4.56. The Labute approximate surface area is 148 Å². The van der Waals surface area contributed by atoms with E-state index in [1.54, 1.807) is 6.20 Å². The van der Waals surface area contributed by atoms with Crippen LogP contribution in [0.4, 0.5) is 0 Å². The number of hydrogen-bond donors (Lipinski definition) is 4. The molecule has 8 heteroatoms. The molecule has 1 aromatic heterocycles. The maximum Gasteiger partial charge on any atom is 0.210 e. The smallest absolute Gasteiger partial charge is 0.210 e. The van der Waals surface area contributed by atoms with Gasteiger partial charge in [-0.3, -0.25) is 21.0 Å². The zero-order chi connectivity index (χ0) is 17.9. The minimum Gasteiger partial charge on any atom is -0.369 e. The first-order valence-electron chi connectivity index (χ1n) is 8.65. The Kier molecular flexibility index (Phi) is 5.33. The van der Waals surface area contributed by atoms with Crippen LogP contribution in [0.1, 0.15) is 24.1 Å². The number of nitrogens with one attached hydrogen (secondary N) is 2. The van der Waals surface area contributed by atoms with Crippen molar-refractivity contribution in [1.29, 1.82) is 0 Å². The van der Waals surface area contributed by atoms with Gasteiger partial charge in [0.05, 0.1) is 5.69 Å². The Balaban J connectivity index is 1.51. The molecule has 2 aliphatic rings. The van der Waals surface area contributed by atoms with Crippen LogP contribution in [0.3, 0.4) is 0 Å². The van der Waals surface area contributed by atoms with Crippen LogP contribution in [0.5, 0.6) is 0 Å². The van der Waals surface area contributed by atoms with Crippen molar-refractivity contribution in [2.75, 3.05) is 33.7 Å². The van der Waals surface area contributed by atoms with Crippen molar-refractivity contribution in [3.63, 3.8) is 0 Å². The molecule has 0 aromatic carbocycles. The van der Waals surface area contributed by atoms with Crippen molar-refractivity contribution in [3.05, 3.63) is 35.7 Å². The van der Waals surface area contributed by atoms with E-state index >= 15 is 0 Å². The number of rotatable bonds is 5. The molecule has 0 amide bonds. The molecule has 8 nitrogen and oxygen atoms in total. The number of guanidine groups is 1. The number of hydrazine groups is 1. The summed E-state index contributed by atoms with van der Waals surface area (Å²) in [5.41, 5.74) is 18.9. The Morgan fingerprint density at radius 3 is 2.68 bits per heavy atom. The van der Waals surface area contributed by atoms with Gasteiger partial charge in [0.15, 0.2) is 0 Å². The van der Waals surface area contributed by atoms with Crippen LogP contribution >= 0.6 is 0 Å². The molecule has 1 saturated heterocycles. The summed E-state index contributed by atoms with van der Waals surface area (Å²) >= 11 is 0. The fraction of sp³-hybridized carbons (Fsp3) is 0.529. The molecule has 0 spiro atoms. The van der Waals surface area contributed by atoms with Crippen LogP contribution in [0.15, 0.2) is 29.4 Å². The van der Waals surface area contributed by atoms with Gasteiger partial charge in [-0.15, -0.1) is 0 Å². The molecule has 0 saturated carbocycles. The molecular formula is C17H28N8. The Bertz CT molecular complexity index is 631. The van der Waals surface area contributed by atoms with Gasteiger partial charge in [0.25, 0.3) is 0 Å². The summed E-state index contributed by atoms with van der Waals surface area (Å²) in [6.45, 7) is 3.25. The molecule has 1 aromatic rings. The lowest BCUT2D eigenvalue weighted by molar-refractivity contribution is 0.155. The fourth-order valence-corrected chi connectivity index (χ4v) is 3.21. The maximum atomic E-state index is 6.14. The molecule has 0 aliphatic carbocycles. The number of nitrogens with two attached hydrogens (primary N) is 2. The fourth-order valence-electron chi connectivity index (χ4n) is 3.21. The summed E-state index contributed by atoms with van der Waals surface area (Å²) < 4.78 is 0. The van der Waals surface area contributed by atoms with E-state index in [1.165, 1.54) is 12.8 Å². The van der Waals surface area contributed by atoms with Crippen molar-refractivity contribution in [1.82, 2.24) is 25.6 Å². The largest absolute Gasteiger partial charge is 0.369 e. The molecule has 1 unspecified atom stereocenters. The van der Waals surface area contributed by atoms with Gasteiger partial charge < -0.3 is 10.6 Å². The molecule has 1 fully saturated rings. The molecular weight excluding hydrogens is 316 g/mol. The number of aliphatic imine (C=N–C) groups is 1. The number of pyridine rings is 1. The van der Waals surface area contributed by atoms with Gasteiger partial charge in [0.1, 0.15) is 0 Å². The van der Waals surface area contributed by atoms with Crippen molar-refractivity contribution >= 4 is 12.0 Å². The van der Waals surface area contributed by atoms with Crippen molar-refractivity contribution < 1.29 is 0 Å². The average Bonchev–Trinajstić information content (AvgIpc) is 2.96. The van der Waals surface area contributed by atoms with Crippen molar-refractivity contribution in [2.45, 2.75) is 24.7 Å². The third-order valence-electron chi connectivity index (χ3n) is 4.84. The van der Waals surface area contributed by atoms with Gasteiger partial charge in [-0.2, -0.15) is 5.43 Å². The molecule has 3 heterocycles. The first-order chi connectivity index (χ1) is 12.0. The normalized spacial score (nSPS) is 25.5. The Hall–Kier alpha value is -2.00. The third kappa shape index (κ3) is 4.35. The highest BCUT2D eigenvalue weighted by Gasteiger charge is 2.31. The number of hydrogen-bond acceptors (Lipinski definition) is 8. The van der Waals surface area contributed by atoms with Crippen LogP contribution in [-0.2, 0) is 5.79 Å². The number of piperidine rings is 1. The molecule has 3 rings (SSSR count). The monoisotopic (exact) mass is 344 g/mol. The summed E-state index contributed by atoms with van der Waals surface area (Å²) in [5.74, 6) is -0.791. The molecule has 6 N–H and O–H groups in total. The van der Waals surface area contributed by atoms with Crippen LogP contribution in [0.25, 0.3) is 6.08 Å². The van der Waals surface area contributed by atoms with Gasteiger partial charge in [-0.25, -0.2) is 4.99 Å². The van der Waals surface area contributed by atoms with Gasteiger partial charge in [0, 0.05) is 24.3 Å². The number of aromatic nitrogens is 1. The highest BCUT2D eigenvalue weighted by atomic mass is 15.6. The van der Waals surface area contributed by atoms with E-state index in [0.717, 1.165) is 30.9 Å². The summed E-state index contributed by atoms with van der Waals surface area (Å²) in [4.78, 5) is 13.4. The van der Waals surface area contributed by atoms with Crippen molar-refractivity contribution in [2.24, 2.45) is 16.5 Å². The third-order valence-corrected chi connectivity index (χ3v) is 4.84. The first-order valence-corrected chi connectivity index (χ1v) is 8.65. The van der Waals surface area contributed by atoms with E-state index in [9.17, 15) is 0 Å². The average molecular weight is 344 g/mol. The second-order valence-corrected chi connectivity index (χ2v) is 6.88. The van der Waals surface area contributed by atoms with E-state index in [2.05, 4.69) is 50.8 Å². The quantitative estimate of drug-likeness (QED) is 0.576. The first kappa shape index (κ1) is 17.8. The predicted molar refractivity (Wildman–Crippen MR) is 100 cm³/mol. The number of likely N-dealkylation sites (tertiary alicyclic amines) is 1. The molecule has 136 valence electrons. The summed E-state index contributed by atoms with van der Waals surface area (Å²) in [6.07, 6.45) is 8.40. The summed E-state index contributed by atoms with van der Waals surface area (Å²) in [7, 11) is 4.33. The van der Waals surface area contributed by atoms with Crippen LogP contribution in [0.2, 0.25) is 0 Å². The lowest BCUT2D eigenvalue weighted by Crippen LogP contribution is -2.50. The van der Waals surface area contributed by atoms with E-state index < -0.39 is 5.79 Å². The predicted octanol–water partition coefficient (Wildman–Crippen LogP) is -0.388. The second kappa shape index (κ2) is 7.49. The Morgan fingerprint density at radius 2 is 2.12 bits per heavy atom. The Morgan fingerprint density at radius 1 is 1.36 bits per heavy atom. The van der Waals surface area contributed by atoms with Gasteiger partial charge >= 0.3 is 0 Å². The van der Waals surface area contributed by atoms with E-state index in [4.69, 9.17) is 11.5 Å². The molecule has 25 heavy (non-hydrogen) atoms. The lowest BCUT2D eigenvalue weighted by atomic mass is 10.0. The number of nitrogens with zero attached hydrogens (tertiary/aromatic N) is 4. The molecule has 0 radical (unpaired) electrons. The molecule has 1 atom stereocenters. The molecule has 0 bridgehead atoms. The van der Waals surface area contributed by atoms with E-state index in [0.29, 0.717) is 6.04 Å². The van der Waals surface area contributed by atoms with Crippen LogP contribution in [-0.4, -0.2) is 60.5 Å². The van der Waals surface area contributed by atoms with Crippen LogP contribution < -0.4 is 22.3 Å². The topological polar surface area (TPSA) is 108 Å². The maximum absolute atomic E-state index is 6.14. The van der Waals surface area contributed by atoms with Crippen LogP contribution in [0, 0.1) is 0 Å². The van der Waals surface area contributed by atoms with E-state index in [-0.39, 0.29) is 5.96 Å². The highest BCUT2D eigenvalue weighted by Crippen LogP contribution is 2.18. The van der Waals surface area contributed by atoms with E-state index in [1.807, 2.05) is 18.2 Å². The van der Waals surface area contributed by atoms with Gasteiger partial charge in [-0.1, -0.05) is 12.1 Å². The second-order valence-electron chi connectivity index (χ2n) is 6.88. The minimum atomic E-state index is -1.06. The van der Waals surface area contributed by atoms with Gasteiger partial charge in [-0.05, 0) is 52.2 Å².